The number of benzene rings is 1. The molecule has 0 saturated heterocycles. The summed E-state index contributed by atoms with van der Waals surface area (Å²) in [6, 6.07) is 9.73. The molecule has 1 N–H and O–H groups in total. The Morgan fingerprint density at radius 2 is 1.78 bits per heavy atom. The normalized spacial score (nSPS) is 28.0. The predicted octanol–water partition coefficient (Wildman–Crippen LogP) is 4.98. The Bertz CT molecular complexity index is 529. The maximum atomic E-state index is 13.6. The summed E-state index contributed by atoms with van der Waals surface area (Å²) < 4.78 is 20.0. The van der Waals surface area contributed by atoms with Crippen LogP contribution in [-0.4, -0.2) is 12.1 Å². The first kappa shape index (κ1) is 18.7. The van der Waals surface area contributed by atoms with E-state index in [1.165, 1.54) is 12.8 Å². The van der Waals surface area contributed by atoms with E-state index in [9.17, 15) is 4.57 Å². The molecule has 1 aromatic rings. The van der Waals surface area contributed by atoms with E-state index in [1.54, 1.807) is 0 Å². The summed E-state index contributed by atoms with van der Waals surface area (Å²) in [6.45, 7) is 10.8. The largest absolute Gasteiger partial charge is 0.311 e. The van der Waals surface area contributed by atoms with Crippen LogP contribution in [0.15, 0.2) is 30.3 Å². The van der Waals surface area contributed by atoms with E-state index in [2.05, 4.69) is 25.9 Å². The minimum atomic E-state index is -3.05. The van der Waals surface area contributed by atoms with Crippen molar-refractivity contribution in [2.24, 2.45) is 17.8 Å². The van der Waals surface area contributed by atoms with Gasteiger partial charge in [-0.15, -0.1) is 0 Å². The highest BCUT2D eigenvalue weighted by Gasteiger charge is 2.38. The van der Waals surface area contributed by atoms with E-state index in [1.807, 2.05) is 44.2 Å². The number of hydrogen-bond acceptors (Lipinski definition) is 2. The average molecular weight is 337 g/mol. The Hall–Kier alpha value is -0.630. The van der Waals surface area contributed by atoms with Crippen LogP contribution in [0.3, 0.4) is 0 Å². The first-order valence-electron chi connectivity index (χ1n) is 8.93. The second kappa shape index (κ2) is 7.96. The van der Waals surface area contributed by atoms with Crippen LogP contribution < -0.4 is 10.4 Å². The minimum absolute atomic E-state index is 0.0658. The first-order valence-corrected chi connectivity index (χ1v) is 10.6. The monoisotopic (exact) mass is 337 g/mol. The third-order valence-corrected chi connectivity index (χ3v) is 7.17. The Morgan fingerprint density at radius 1 is 1.13 bits per heavy atom. The summed E-state index contributed by atoms with van der Waals surface area (Å²) in [6.07, 6.45) is 3.48. The van der Waals surface area contributed by atoms with Crippen molar-refractivity contribution in [3.8, 4) is 0 Å². The maximum Gasteiger partial charge on any atom is 0.300 e. The molecule has 0 heterocycles. The highest BCUT2D eigenvalue weighted by atomic mass is 31.2. The van der Waals surface area contributed by atoms with Gasteiger partial charge in [0, 0.05) is 6.04 Å². The van der Waals surface area contributed by atoms with E-state index >= 15 is 0 Å². The topological polar surface area (TPSA) is 38.3 Å². The average Bonchev–Trinajstić information content (AvgIpc) is 2.47. The molecular weight excluding hydrogens is 305 g/mol. The van der Waals surface area contributed by atoms with Crippen molar-refractivity contribution in [3.05, 3.63) is 30.3 Å². The minimum Gasteiger partial charge on any atom is -0.311 e. The van der Waals surface area contributed by atoms with Gasteiger partial charge in [-0.05, 0) is 56.6 Å². The molecule has 3 nitrogen and oxygen atoms in total. The van der Waals surface area contributed by atoms with Gasteiger partial charge in [0.15, 0.2) is 0 Å². The number of hydrogen-bond donors (Lipinski definition) is 1. The maximum absolute atomic E-state index is 13.6. The van der Waals surface area contributed by atoms with E-state index in [4.69, 9.17) is 4.52 Å². The number of rotatable bonds is 6. The molecule has 0 unspecified atom stereocenters. The van der Waals surface area contributed by atoms with E-state index in [-0.39, 0.29) is 12.1 Å². The molecule has 0 aromatic heterocycles. The molecule has 0 spiro atoms. The summed E-state index contributed by atoms with van der Waals surface area (Å²) in [5.41, 5.74) is 0. The molecule has 0 aliphatic heterocycles. The van der Waals surface area contributed by atoms with Crippen molar-refractivity contribution >= 4 is 12.8 Å². The summed E-state index contributed by atoms with van der Waals surface area (Å²) >= 11 is 0. The molecule has 0 amide bonds. The van der Waals surface area contributed by atoms with Crippen LogP contribution in [0.5, 0.6) is 0 Å². The second-order valence-electron chi connectivity index (χ2n) is 7.64. The predicted molar refractivity (Wildman–Crippen MR) is 98.2 cm³/mol. The smallest absolute Gasteiger partial charge is 0.300 e. The van der Waals surface area contributed by atoms with Crippen molar-refractivity contribution in [3.63, 3.8) is 0 Å². The molecule has 4 atom stereocenters. The highest BCUT2D eigenvalue weighted by molar-refractivity contribution is 7.65. The lowest BCUT2D eigenvalue weighted by molar-refractivity contribution is 0.0480. The molecule has 2 rings (SSSR count). The third-order valence-electron chi connectivity index (χ3n) is 4.77. The van der Waals surface area contributed by atoms with Gasteiger partial charge in [-0.3, -0.25) is 4.57 Å². The van der Waals surface area contributed by atoms with Gasteiger partial charge in [0.25, 0.3) is 7.52 Å². The van der Waals surface area contributed by atoms with Gasteiger partial charge in [0.2, 0.25) is 0 Å². The molecule has 130 valence electrons. The molecule has 1 fully saturated rings. The van der Waals surface area contributed by atoms with Gasteiger partial charge >= 0.3 is 0 Å². The van der Waals surface area contributed by atoms with Crippen LogP contribution in [0.2, 0.25) is 0 Å². The number of nitrogens with one attached hydrogen (secondary N) is 1. The summed E-state index contributed by atoms with van der Waals surface area (Å²) in [4.78, 5) is 0. The van der Waals surface area contributed by atoms with E-state index in [0.29, 0.717) is 17.8 Å². The Balaban J connectivity index is 2.27. The molecule has 4 heteroatoms. The molecular formula is C19H32NO2P. The molecule has 1 aromatic carbocycles. The zero-order valence-electron chi connectivity index (χ0n) is 15.2. The lowest BCUT2D eigenvalue weighted by Gasteiger charge is -2.39. The lowest BCUT2D eigenvalue weighted by Crippen LogP contribution is -2.37. The van der Waals surface area contributed by atoms with Gasteiger partial charge in [-0.25, -0.2) is 5.09 Å². The van der Waals surface area contributed by atoms with Gasteiger partial charge in [0.1, 0.15) is 0 Å². The second-order valence-corrected chi connectivity index (χ2v) is 9.73. The molecule has 23 heavy (non-hydrogen) atoms. The lowest BCUT2D eigenvalue weighted by atomic mass is 9.75. The Labute approximate surface area is 141 Å². The fourth-order valence-corrected chi connectivity index (χ4v) is 5.76. The zero-order chi connectivity index (χ0) is 17.0. The van der Waals surface area contributed by atoms with Crippen LogP contribution in [0.4, 0.5) is 0 Å². The standard InChI is InChI=1S/C19H32NO2P/c1-14(2)18-12-11-16(5)13-19(18)22-23(21,20-15(3)4)17-9-7-6-8-10-17/h6-10,14-16,18-19H,11-13H2,1-5H3,(H,20,21)/t16-,18-,19+,23+/m1/s1. The Morgan fingerprint density at radius 3 is 2.35 bits per heavy atom. The third kappa shape index (κ3) is 4.92. The van der Waals surface area contributed by atoms with Crippen LogP contribution in [0.1, 0.15) is 53.9 Å². The van der Waals surface area contributed by atoms with Gasteiger partial charge in [0.05, 0.1) is 11.4 Å². The first-order chi connectivity index (χ1) is 10.8. The van der Waals surface area contributed by atoms with Crippen LogP contribution in [0.25, 0.3) is 0 Å². The van der Waals surface area contributed by atoms with Crippen molar-refractivity contribution in [1.82, 2.24) is 5.09 Å². The van der Waals surface area contributed by atoms with Crippen LogP contribution in [-0.2, 0) is 9.09 Å². The van der Waals surface area contributed by atoms with Crippen LogP contribution in [0, 0.1) is 17.8 Å². The van der Waals surface area contributed by atoms with Gasteiger partial charge in [-0.1, -0.05) is 45.4 Å². The summed E-state index contributed by atoms with van der Waals surface area (Å²) in [5, 5.41) is 4.00. The van der Waals surface area contributed by atoms with Crippen molar-refractivity contribution in [1.29, 1.82) is 0 Å². The van der Waals surface area contributed by atoms with E-state index in [0.717, 1.165) is 11.7 Å². The van der Waals surface area contributed by atoms with E-state index < -0.39 is 7.52 Å². The molecule has 1 saturated carbocycles. The molecule has 0 radical (unpaired) electrons. The highest BCUT2D eigenvalue weighted by Crippen LogP contribution is 2.48. The van der Waals surface area contributed by atoms with Crippen molar-refractivity contribution < 1.29 is 9.09 Å². The zero-order valence-corrected chi connectivity index (χ0v) is 16.1. The van der Waals surface area contributed by atoms with Gasteiger partial charge < -0.3 is 4.52 Å². The molecule has 1 aliphatic carbocycles. The molecule has 1 aliphatic rings. The SMILES string of the molecule is CC(C)N[P@@](=O)(O[C@H]1C[C@H](C)CC[C@@H]1C(C)C)c1ccccc1. The van der Waals surface area contributed by atoms with Crippen molar-refractivity contribution in [2.45, 2.75) is 66.0 Å². The summed E-state index contributed by atoms with van der Waals surface area (Å²) in [5.74, 6) is 1.67. The quantitative estimate of drug-likeness (QED) is 0.744. The van der Waals surface area contributed by atoms with Gasteiger partial charge in [-0.2, -0.15) is 0 Å². The van der Waals surface area contributed by atoms with Crippen LogP contribution >= 0.6 is 7.52 Å². The Kier molecular flexibility index (Phi) is 6.48. The van der Waals surface area contributed by atoms with Crippen molar-refractivity contribution in [2.75, 3.05) is 0 Å². The summed E-state index contributed by atoms with van der Waals surface area (Å²) in [7, 11) is -3.05. The fourth-order valence-electron chi connectivity index (χ4n) is 3.56. The fraction of sp³-hybridized carbons (Fsp3) is 0.684. The molecule has 0 bridgehead atoms.